The molecule has 2 fully saturated rings. The van der Waals surface area contributed by atoms with Gasteiger partial charge in [0.05, 0.1) is 6.20 Å². The Morgan fingerprint density at radius 3 is 2.50 bits per heavy atom. The summed E-state index contributed by atoms with van der Waals surface area (Å²) in [6.07, 6.45) is 2.43. The second-order valence-electron chi connectivity index (χ2n) is 7.36. The predicted molar refractivity (Wildman–Crippen MR) is 101 cm³/mol. The molecule has 6 nitrogen and oxygen atoms in total. The van der Waals surface area contributed by atoms with Gasteiger partial charge in [-0.25, -0.2) is 9.97 Å². The lowest BCUT2D eigenvalue weighted by Gasteiger charge is -2.52. The molecular formula is C18H21F3N6S. The van der Waals surface area contributed by atoms with E-state index < -0.39 is 11.9 Å². The number of piperidine rings is 1. The van der Waals surface area contributed by atoms with Crippen LogP contribution in [0.15, 0.2) is 34.4 Å². The molecule has 0 radical (unpaired) electrons. The van der Waals surface area contributed by atoms with Gasteiger partial charge in [0, 0.05) is 30.2 Å². The summed E-state index contributed by atoms with van der Waals surface area (Å²) in [5.74, 6) is 0.756. The van der Waals surface area contributed by atoms with Crippen molar-refractivity contribution in [1.29, 1.82) is 0 Å². The molecule has 1 aliphatic carbocycles. The van der Waals surface area contributed by atoms with Crippen molar-refractivity contribution >= 4 is 23.4 Å². The van der Waals surface area contributed by atoms with Crippen LogP contribution in [0.2, 0.25) is 0 Å². The summed E-state index contributed by atoms with van der Waals surface area (Å²) in [5.41, 5.74) is 11.5. The van der Waals surface area contributed by atoms with Crippen molar-refractivity contribution in [1.82, 2.24) is 15.0 Å². The van der Waals surface area contributed by atoms with E-state index in [-0.39, 0.29) is 27.2 Å². The maximum atomic E-state index is 13.1. The fourth-order valence-electron chi connectivity index (χ4n) is 3.92. The Bertz CT molecular complexity index is 867. The van der Waals surface area contributed by atoms with Crippen LogP contribution in [0.25, 0.3) is 0 Å². The van der Waals surface area contributed by atoms with Crippen molar-refractivity contribution in [3.63, 3.8) is 0 Å². The normalized spacial score (nSPS) is 21.6. The molecule has 0 aromatic carbocycles. The third-order valence-electron chi connectivity index (χ3n) is 5.82. The van der Waals surface area contributed by atoms with E-state index in [1.54, 1.807) is 6.20 Å². The molecule has 150 valence electrons. The third-order valence-corrected chi connectivity index (χ3v) is 6.88. The largest absolute Gasteiger partial charge is 0.434 e. The van der Waals surface area contributed by atoms with E-state index in [9.17, 15) is 13.2 Å². The number of aromatic nitrogens is 3. The van der Waals surface area contributed by atoms with Crippen LogP contribution in [-0.4, -0.2) is 34.1 Å². The first kappa shape index (κ1) is 19.3. The number of anilines is 2. The van der Waals surface area contributed by atoms with E-state index in [0.29, 0.717) is 5.82 Å². The van der Waals surface area contributed by atoms with Crippen LogP contribution in [-0.2, 0) is 6.18 Å². The lowest BCUT2D eigenvalue weighted by atomic mass is 9.60. The summed E-state index contributed by atoms with van der Waals surface area (Å²) in [5, 5.41) is 0.233. The van der Waals surface area contributed by atoms with Crippen molar-refractivity contribution in [3.05, 3.63) is 30.2 Å². The molecule has 1 saturated carbocycles. The first-order valence-electron chi connectivity index (χ1n) is 9.12. The SMILES string of the molecule is Nc1nc(N2CCC3(CC[C@@H]3N)CC2)cnc1Sc1cccnc1C(F)(F)F. The van der Waals surface area contributed by atoms with Gasteiger partial charge in [-0.2, -0.15) is 13.2 Å². The van der Waals surface area contributed by atoms with Crippen molar-refractivity contribution < 1.29 is 13.2 Å². The average Bonchev–Trinajstić information content (AvgIpc) is 2.68. The number of nitrogens with two attached hydrogens (primary N) is 2. The molecule has 0 unspecified atom stereocenters. The summed E-state index contributed by atoms with van der Waals surface area (Å²) < 4.78 is 39.4. The van der Waals surface area contributed by atoms with Gasteiger partial charge in [-0.3, -0.25) is 4.98 Å². The minimum absolute atomic E-state index is 0.0531. The number of hydrogen-bond acceptors (Lipinski definition) is 7. The molecule has 2 aromatic rings. The van der Waals surface area contributed by atoms with Gasteiger partial charge in [-0.1, -0.05) is 11.8 Å². The van der Waals surface area contributed by atoms with E-state index in [4.69, 9.17) is 11.5 Å². The summed E-state index contributed by atoms with van der Waals surface area (Å²) in [6, 6.07) is 3.08. The summed E-state index contributed by atoms with van der Waals surface area (Å²) in [6.45, 7) is 1.66. The van der Waals surface area contributed by atoms with Crippen LogP contribution in [0.1, 0.15) is 31.4 Å². The highest BCUT2D eigenvalue weighted by Crippen LogP contribution is 2.48. The van der Waals surface area contributed by atoms with Gasteiger partial charge in [0.2, 0.25) is 0 Å². The first-order valence-corrected chi connectivity index (χ1v) is 9.93. The Kier molecular flexibility index (Phi) is 4.86. The van der Waals surface area contributed by atoms with E-state index in [1.807, 2.05) is 0 Å². The lowest BCUT2D eigenvalue weighted by Crippen LogP contribution is -2.56. The Morgan fingerprint density at radius 1 is 1.18 bits per heavy atom. The van der Waals surface area contributed by atoms with Crippen LogP contribution in [0.5, 0.6) is 0 Å². The van der Waals surface area contributed by atoms with Crippen LogP contribution < -0.4 is 16.4 Å². The van der Waals surface area contributed by atoms with Crippen LogP contribution in [0, 0.1) is 5.41 Å². The van der Waals surface area contributed by atoms with Crippen molar-refractivity contribution in [2.75, 3.05) is 23.7 Å². The minimum atomic E-state index is -4.54. The fourth-order valence-corrected chi connectivity index (χ4v) is 4.80. The van der Waals surface area contributed by atoms with Crippen molar-refractivity contribution in [3.8, 4) is 0 Å². The van der Waals surface area contributed by atoms with Crippen LogP contribution in [0.3, 0.4) is 0 Å². The van der Waals surface area contributed by atoms with E-state index in [2.05, 4.69) is 19.9 Å². The maximum Gasteiger partial charge on any atom is 0.434 e. The lowest BCUT2D eigenvalue weighted by molar-refractivity contribution is -0.143. The van der Waals surface area contributed by atoms with E-state index in [0.717, 1.165) is 50.3 Å². The molecule has 1 atom stereocenters. The average molecular weight is 410 g/mol. The number of rotatable bonds is 3. The molecule has 0 bridgehead atoms. The highest BCUT2D eigenvalue weighted by atomic mass is 32.2. The van der Waals surface area contributed by atoms with Gasteiger partial charge in [-0.05, 0) is 43.2 Å². The van der Waals surface area contributed by atoms with Crippen LogP contribution >= 0.6 is 11.8 Å². The number of hydrogen-bond donors (Lipinski definition) is 2. The molecule has 3 heterocycles. The number of halogens is 3. The Morgan fingerprint density at radius 2 is 1.93 bits per heavy atom. The minimum Gasteiger partial charge on any atom is -0.381 e. The second-order valence-corrected chi connectivity index (χ2v) is 8.39. The monoisotopic (exact) mass is 410 g/mol. The van der Waals surface area contributed by atoms with E-state index >= 15 is 0 Å². The number of nitrogens with zero attached hydrogens (tertiary/aromatic N) is 4. The summed E-state index contributed by atoms with van der Waals surface area (Å²) in [7, 11) is 0. The first-order chi connectivity index (χ1) is 13.3. The molecule has 0 amide bonds. The molecule has 28 heavy (non-hydrogen) atoms. The molecule has 2 aliphatic rings. The second kappa shape index (κ2) is 7.07. The maximum absolute atomic E-state index is 13.1. The van der Waals surface area contributed by atoms with Gasteiger partial charge < -0.3 is 16.4 Å². The fraction of sp³-hybridized carbons (Fsp3) is 0.500. The molecule has 4 N–H and O–H groups in total. The van der Waals surface area contributed by atoms with Crippen molar-refractivity contribution in [2.24, 2.45) is 11.1 Å². The Balaban J connectivity index is 1.49. The van der Waals surface area contributed by atoms with Crippen molar-refractivity contribution in [2.45, 2.75) is 47.8 Å². The zero-order valence-electron chi connectivity index (χ0n) is 15.1. The Hall–Kier alpha value is -2.07. The highest BCUT2D eigenvalue weighted by molar-refractivity contribution is 7.99. The van der Waals surface area contributed by atoms with Gasteiger partial charge in [0.15, 0.2) is 11.5 Å². The molecule has 2 aromatic heterocycles. The summed E-state index contributed by atoms with van der Waals surface area (Å²) >= 11 is 0.820. The quantitative estimate of drug-likeness (QED) is 0.801. The Labute approximate surface area is 164 Å². The topological polar surface area (TPSA) is 94.0 Å². The number of pyridine rings is 1. The molecule has 1 spiro atoms. The molecule has 1 aliphatic heterocycles. The standard InChI is InChI=1S/C18H21F3N6S/c19-18(20,21)14-11(2-1-7-24-14)28-16-15(23)26-13(10-25-16)27-8-5-17(6-9-27)4-3-12(17)22/h1-2,7,10,12H,3-6,8-9,22H2,(H2,23,26)/t12-/m0/s1. The van der Waals surface area contributed by atoms with Gasteiger partial charge in [0.1, 0.15) is 10.8 Å². The van der Waals surface area contributed by atoms with Gasteiger partial charge >= 0.3 is 6.18 Å². The predicted octanol–water partition coefficient (Wildman–Crippen LogP) is 3.33. The smallest absolute Gasteiger partial charge is 0.381 e. The summed E-state index contributed by atoms with van der Waals surface area (Å²) in [4.78, 5) is 14.2. The van der Waals surface area contributed by atoms with E-state index in [1.165, 1.54) is 18.6 Å². The molecular weight excluding hydrogens is 389 g/mol. The molecule has 1 saturated heterocycles. The zero-order chi connectivity index (χ0) is 19.9. The van der Waals surface area contributed by atoms with Gasteiger partial charge in [-0.15, -0.1) is 0 Å². The number of alkyl halides is 3. The highest BCUT2D eigenvalue weighted by Gasteiger charge is 2.46. The van der Waals surface area contributed by atoms with Gasteiger partial charge in [0.25, 0.3) is 0 Å². The zero-order valence-corrected chi connectivity index (χ0v) is 15.9. The third kappa shape index (κ3) is 3.50. The molecule has 10 heteroatoms. The van der Waals surface area contributed by atoms with Crippen LogP contribution in [0.4, 0.5) is 24.8 Å². The molecule has 4 rings (SSSR count). The number of nitrogen functional groups attached to an aromatic ring is 1.